The van der Waals surface area contributed by atoms with Crippen molar-refractivity contribution in [3.63, 3.8) is 0 Å². The number of phenolic OH excluding ortho intramolecular Hbond substituents is 1. The number of hydrogen-bond acceptors (Lipinski definition) is 3. The van der Waals surface area contributed by atoms with Gasteiger partial charge in [-0.05, 0) is 22.4 Å². The molecule has 0 aliphatic carbocycles. The third kappa shape index (κ3) is 2.57. The van der Waals surface area contributed by atoms with Crippen molar-refractivity contribution in [2.75, 3.05) is 0 Å². The first-order valence-electron chi connectivity index (χ1n) is 6.46. The van der Waals surface area contributed by atoms with Crippen molar-refractivity contribution in [2.45, 2.75) is 32.9 Å². The van der Waals surface area contributed by atoms with Gasteiger partial charge >= 0.3 is 0 Å². The van der Waals surface area contributed by atoms with Crippen LogP contribution >= 0.6 is 0 Å². The zero-order valence-electron chi connectivity index (χ0n) is 11.6. The minimum Gasteiger partial charge on any atom is -0.507 e. The number of aromatic hydroxyl groups is 1. The molecule has 0 saturated carbocycles. The molecule has 3 heteroatoms. The van der Waals surface area contributed by atoms with E-state index in [0.717, 1.165) is 16.3 Å². The lowest BCUT2D eigenvalue weighted by Crippen LogP contribution is -2.37. The molecule has 2 atom stereocenters. The summed E-state index contributed by atoms with van der Waals surface area (Å²) in [4.78, 5) is 0. The van der Waals surface area contributed by atoms with Gasteiger partial charge in [0, 0.05) is 5.39 Å². The second-order valence-corrected chi connectivity index (χ2v) is 6.06. The van der Waals surface area contributed by atoms with Gasteiger partial charge in [-0.1, -0.05) is 51.1 Å². The van der Waals surface area contributed by atoms with Gasteiger partial charge in [0.05, 0.1) is 12.1 Å². The zero-order chi connectivity index (χ0) is 14.2. The normalized spacial score (nSPS) is 15.4. The highest BCUT2D eigenvalue weighted by molar-refractivity contribution is 5.91. The number of fused-ring (bicyclic) bond motifs is 1. The fourth-order valence-electron chi connectivity index (χ4n) is 2.31. The van der Waals surface area contributed by atoms with E-state index in [1.54, 1.807) is 12.1 Å². The van der Waals surface area contributed by atoms with Crippen LogP contribution in [0.4, 0.5) is 0 Å². The molecule has 4 N–H and O–H groups in total. The molecule has 2 aromatic rings. The molecule has 0 aromatic heterocycles. The van der Waals surface area contributed by atoms with Crippen molar-refractivity contribution in [1.29, 1.82) is 0 Å². The number of benzene rings is 2. The molecule has 0 aliphatic rings. The van der Waals surface area contributed by atoms with E-state index in [9.17, 15) is 10.2 Å². The molecule has 3 nitrogen and oxygen atoms in total. The minimum atomic E-state index is -0.652. The van der Waals surface area contributed by atoms with E-state index < -0.39 is 12.1 Å². The molecule has 0 saturated heterocycles. The monoisotopic (exact) mass is 259 g/mol. The Balaban J connectivity index is 2.55. The summed E-state index contributed by atoms with van der Waals surface area (Å²) in [5.41, 5.74) is 6.77. The Bertz CT molecular complexity index is 587. The van der Waals surface area contributed by atoms with Crippen LogP contribution in [0.3, 0.4) is 0 Å². The summed E-state index contributed by atoms with van der Waals surface area (Å²) in [6.07, 6.45) is -0.652. The van der Waals surface area contributed by atoms with Gasteiger partial charge < -0.3 is 15.9 Å². The molecule has 0 fully saturated rings. The Labute approximate surface area is 113 Å². The maximum absolute atomic E-state index is 10.3. The Morgan fingerprint density at radius 1 is 1.00 bits per heavy atom. The summed E-state index contributed by atoms with van der Waals surface area (Å²) in [5.74, 6) is 0.233. The van der Waals surface area contributed by atoms with Crippen molar-refractivity contribution in [3.8, 4) is 5.75 Å². The van der Waals surface area contributed by atoms with Gasteiger partial charge in [0.25, 0.3) is 0 Å². The Kier molecular flexibility index (Phi) is 3.52. The maximum atomic E-state index is 10.3. The quantitative estimate of drug-likeness (QED) is 0.776. The lowest BCUT2D eigenvalue weighted by Gasteiger charge is -2.31. The third-order valence-corrected chi connectivity index (χ3v) is 3.52. The first-order valence-corrected chi connectivity index (χ1v) is 6.46. The van der Waals surface area contributed by atoms with Crippen LogP contribution in [-0.4, -0.2) is 16.3 Å². The van der Waals surface area contributed by atoms with Gasteiger partial charge in [-0.2, -0.15) is 0 Å². The summed E-state index contributed by atoms with van der Waals surface area (Å²) in [7, 11) is 0. The van der Waals surface area contributed by atoms with E-state index in [1.165, 1.54) is 0 Å². The molecule has 102 valence electrons. The predicted molar refractivity (Wildman–Crippen MR) is 78.0 cm³/mol. The molecule has 0 heterocycles. The molecule has 0 spiro atoms. The molecule has 0 aliphatic heterocycles. The number of aliphatic hydroxyl groups is 1. The molecule has 0 unspecified atom stereocenters. The van der Waals surface area contributed by atoms with Gasteiger partial charge in [-0.3, -0.25) is 0 Å². The van der Waals surface area contributed by atoms with E-state index in [-0.39, 0.29) is 11.2 Å². The van der Waals surface area contributed by atoms with Crippen molar-refractivity contribution >= 4 is 10.8 Å². The van der Waals surface area contributed by atoms with E-state index >= 15 is 0 Å². The van der Waals surface area contributed by atoms with Crippen LogP contribution in [0.2, 0.25) is 0 Å². The van der Waals surface area contributed by atoms with E-state index in [4.69, 9.17) is 5.73 Å². The highest BCUT2D eigenvalue weighted by Gasteiger charge is 2.30. The summed E-state index contributed by atoms with van der Waals surface area (Å²) >= 11 is 0. The number of phenols is 1. The SMILES string of the molecule is CC(C)(C)[C@H](O)[C@H](N)c1ccc(O)c2ccccc12. The number of aliphatic hydroxyl groups excluding tert-OH is 1. The van der Waals surface area contributed by atoms with E-state index in [1.807, 2.05) is 45.0 Å². The van der Waals surface area contributed by atoms with Gasteiger partial charge in [-0.25, -0.2) is 0 Å². The van der Waals surface area contributed by atoms with Gasteiger partial charge in [0.2, 0.25) is 0 Å². The van der Waals surface area contributed by atoms with Crippen LogP contribution in [0.15, 0.2) is 36.4 Å². The summed E-state index contributed by atoms with van der Waals surface area (Å²) in [5, 5.41) is 21.9. The first-order chi connectivity index (χ1) is 8.82. The molecule has 2 aromatic carbocycles. The van der Waals surface area contributed by atoms with Crippen molar-refractivity contribution in [1.82, 2.24) is 0 Å². The van der Waals surface area contributed by atoms with Crippen molar-refractivity contribution in [3.05, 3.63) is 42.0 Å². The number of hydrogen-bond donors (Lipinski definition) is 3. The molecular weight excluding hydrogens is 238 g/mol. The highest BCUT2D eigenvalue weighted by Crippen LogP contribution is 2.34. The summed E-state index contributed by atoms with van der Waals surface area (Å²) in [6.45, 7) is 5.88. The smallest absolute Gasteiger partial charge is 0.123 e. The average molecular weight is 259 g/mol. The Morgan fingerprint density at radius 3 is 2.16 bits per heavy atom. The van der Waals surface area contributed by atoms with Crippen LogP contribution < -0.4 is 5.73 Å². The zero-order valence-corrected chi connectivity index (χ0v) is 11.6. The van der Waals surface area contributed by atoms with Crippen LogP contribution in [0.1, 0.15) is 32.4 Å². The molecule has 0 radical (unpaired) electrons. The molecule has 0 bridgehead atoms. The Hall–Kier alpha value is -1.58. The topological polar surface area (TPSA) is 66.5 Å². The largest absolute Gasteiger partial charge is 0.507 e. The van der Waals surface area contributed by atoms with Crippen LogP contribution in [0.5, 0.6) is 5.75 Å². The summed E-state index contributed by atoms with van der Waals surface area (Å²) in [6, 6.07) is 10.5. The lowest BCUT2D eigenvalue weighted by atomic mass is 9.81. The minimum absolute atomic E-state index is 0.233. The first kappa shape index (κ1) is 13.8. The van der Waals surface area contributed by atoms with Gasteiger partial charge in [0.15, 0.2) is 0 Å². The highest BCUT2D eigenvalue weighted by atomic mass is 16.3. The maximum Gasteiger partial charge on any atom is 0.123 e. The second kappa shape index (κ2) is 4.83. The second-order valence-electron chi connectivity index (χ2n) is 6.06. The molecule has 2 rings (SSSR count). The molecular formula is C16H21NO2. The van der Waals surface area contributed by atoms with Crippen LogP contribution in [-0.2, 0) is 0 Å². The van der Waals surface area contributed by atoms with Crippen LogP contribution in [0, 0.1) is 5.41 Å². The lowest BCUT2D eigenvalue weighted by molar-refractivity contribution is 0.0405. The fourth-order valence-corrected chi connectivity index (χ4v) is 2.31. The molecule has 19 heavy (non-hydrogen) atoms. The average Bonchev–Trinajstić information content (AvgIpc) is 2.37. The molecule has 0 amide bonds. The summed E-state index contributed by atoms with van der Waals surface area (Å²) < 4.78 is 0. The van der Waals surface area contributed by atoms with E-state index in [2.05, 4.69) is 0 Å². The Morgan fingerprint density at radius 2 is 1.58 bits per heavy atom. The fraction of sp³-hybridized carbons (Fsp3) is 0.375. The van der Waals surface area contributed by atoms with Gasteiger partial charge in [0.1, 0.15) is 5.75 Å². The standard InChI is InChI=1S/C16H21NO2/c1-16(2,3)15(19)14(17)12-8-9-13(18)11-7-5-4-6-10(11)12/h4-9,14-15,18-19H,17H2,1-3H3/t14-,15-/m1/s1. The van der Waals surface area contributed by atoms with Crippen molar-refractivity contribution in [2.24, 2.45) is 11.1 Å². The van der Waals surface area contributed by atoms with Crippen molar-refractivity contribution < 1.29 is 10.2 Å². The predicted octanol–water partition coefficient (Wildman–Crippen LogP) is 2.95. The number of rotatable bonds is 2. The third-order valence-electron chi connectivity index (χ3n) is 3.52. The number of nitrogens with two attached hydrogens (primary N) is 1. The van der Waals surface area contributed by atoms with Gasteiger partial charge in [-0.15, -0.1) is 0 Å². The van der Waals surface area contributed by atoms with E-state index in [0.29, 0.717) is 0 Å². The van der Waals surface area contributed by atoms with Crippen LogP contribution in [0.25, 0.3) is 10.8 Å².